The van der Waals surface area contributed by atoms with Gasteiger partial charge in [0.1, 0.15) is 0 Å². The predicted molar refractivity (Wildman–Crippen MR) is 88.1 cm³/mol. The summed E-state index contributed by atoms with van der Waals surface area (Å²) >= 11 is 5.91. The molecule has 0 aromatic heterocycles. The maximum absolute atomic E-state index is 12.6. The van der Waals surface area contributed by atoms with E-state index in [0.717, 1.165) is 15.4 Å². The third kappa shape index (κ3) is 5.57. The summed E-state index contributed by atoms with van der Waals surface area (Å²) < 4.78 is 63.6. The Kier molecular flexibility index (Phi) is 6.54. The van der Waals surface area contributed by atoms with Crippen molar-refractivity contribution in [3.05, 3.63) is 34.3 Å². The molecule has 0 saturated heterocycles. The average Bonchev–Trinajstić information content (AvgIpc) is 2.56. The molecule has 6 nitrogen and oxygen atoms in total. The number of carbonyl (C=O) groups is 1. The van der Waals surface area contributed by atoms with E-state index in [1.54, 1.807) is 18.2 Å². The Morgan fingerprint density at radius 3 is 2.65 bits per heavy atom. The Labute approximate surface area is 154 Å². The molecule has 1 atom stereocenters. The summed E-state index contributed by atoms with van der Waals surface area (Å²) in [6.07, 6.45) is -6.20. The summed E-state index contributed by atoms with van der Waals surface area (Å²) in [7, 11) is -4.00. The number of rotatable bonds is 7. The molecule has 146 valence electrons. The summed E-state index contributed by atoms with van der Waals surface area (Å²) in [5, 5.41) is 9.90. The van der Waals surface area contributed by atoms with Gasteiger partial charge in [-0.15, -0.1) is 0 Å². The van der Waals surface area contributed by atoms with Crippen LogP contribution in [0.25, 0.3) is 0 Å². The summed E-state index contributed by atoms with van der Waals surface area (Å²) in [5.41, 5.74) is 1.67. The van der Waals surface area contributed by atoms with Gasteiger partial charge in [0.2, 0.25) is 16.4 Å². The van der Waals surface area contributed by atoms with Crippen LogP contribution in [0.5, 0.6) is 0 Å². The molecule has 0 fully saturated rings. The summed E-state index contributed by atoms with van der Waals surface area (Å²) in [4.78, 5) is 10.7. The number of sulfonamides is 1. The van der Waals surface area contributed by atoms with Crippen LogP contribution in [0.1, 0.15) is 24.0 Å². The SMILES string of the molecule is O=CN(O)C(CCC(F)(F)F)CS(=O)(=O)N1CCc2ccc(Cl)cc2C1. The van der Waals surface area contributed by atoms with Gasteiger partial charge in [-0.1, -0.05) is 17.7 Å². The normalized spacial score (nSPS) is 16.8. The molecule has 2 rings (SSSR count). The van der Waals surface area contributed by atoms with Crippen LogP contribution in [0.2, 0.25) is 5.02 Å². The molecule has 0 bridgehead atoms. The number of fused-ring (bicyclic) bond motifs is 1. The lowest BCUT2D eigenvalue weighted by atomic mass is 10.0. The molecular weight excluding hydrogens is 397 g/mol. The molecule has 1 N–H and O–H groups in total. The van der Waals surface area contributed by atoms with Crippen molar-refractivity contribution in [3.63, 3.8) is 0 Å². The van der Waals surface area contributed by atoms with Crippen molar-refractivity contribution in [3.8, 4) is 0 Å². The van der Waals surface area contributed by atoms with Gasteiger partial charge in [0.25, 0.3) is 0 Å². The summed E-state index contributed by atoms with van der Waals surface area (Å²) in [6.45, 7) is 0.201. The highest BCUT2D eigenvalue weighted by atomic mass is 35.5. The Balaban J connectivity index is 2.13. The van der Waals surface area contributed by atoms with Crippen LogP contribution in [0.15, 0.2) is 18.2 Å². The number of carbonyl (C=O) groups excluding carboxylic acids is 1. The maximum atomic E-state index is 12.6. The van der Waals surface area contributed by atoms with Gasteiger partial charge < -0.3 is 0 Å². The number of alkyl halides is 3. The minimum absolute atomic E-state index is 0.0158. The minimum Gasteiger partial charge on any atom is -0.286 e. The molecule has 0 radical (unpaired) electrons. The second kappa shape index (κ2) is 8.12. The highest BCUT2D eigenvalue weighted by Gasteiger charge is 2.35. The molecule has 1 heterocycles. The number of hydrogen-bond donors (Lipinski definition) is 1. The minimum atomic E-state index is -4.52. The summed E-state index contributed by atoms with van der Waals surface area (Å²) in [6, 6.07) is 3.66. The van der Waals surface area contributed by atoms with Crippen molar-refractivity contribution < 1.29 is 31.6 Å². The molecule has 1 aromatic rings. The molecule has 1 unspecified atom stereocenters. The average molecular weight is 415 g/mol. The van der Waals surface area contributed by atoms with Crippen LogP contribution in [0.4, 0.5) is 13.2 Å². The van der Waals surface area contributed by atoms with E-state index >= 15 is 0 Å². The van der Waals surface area contributed by atoms with E-state index in [4.69, 9.17) is 11.6 Å². The van der Waals surface area contributed by atoms with Gasteiger partial charge >= 0.3 is 6.18 Å². The fourth-order valence-electron chi connectivity index (χ4n) is 2.79. The molecule has 0 spiro atoms. The Morgan fingerprint density at radius 1 is 1.35 bits per heavy atom. The second-order valence-corrected chi connectivity index (χ2v) is 8.52. The molecule has 1 aromatic carbocycles. The van der Waals surface area contributed by atoms with Gasteiger partial charge in [0.05, 0.1) is 11.8 Å². The zero-order valence-corrected chi connectivity index (χ0v) is 15.2. The van der Waals surface area contributed by atoms with Crippen molar-refractivity contribution in [1.82, 2.24) is 9.37 Å². The first-order valence-corrected chi connectivity index (χ1v) is 9.75. The first kappa shape index (κ1) is 20.9. The number of halogens is 4. The highest BCUT2D eigenvalue weighted by Crippen LogP contribution is 2.27. The third-order valence-corrected chi connectivity index (χ3v) is 6.32. The molecule has 11 heteroatoms. The number of hydrogen-bond acceptors (Lipinski definition) is 4. The van der Waals surface area contributed by atoms with Gasteiger partial charge in [-0.2, -0.15) is 17.5 Å². The Morgan fingerprint density at radius 2 is 2.04 bits per heavy atom. The van der Waals surface area contributed by atoms with Crippen LogP contribution >= 0.6 is 11.6 Å². The van der Waals surface area contributed by atoms with Gasteiger partial charge in [0.15, 0.2) is 0 Å². The lowest BCUT2D eigenvalue weighted by molar-refractivity contribution is -0.167. The highest BCUT2D eigenvalue weighted by molar-refractivity contribution is 7.89. The number of nitrogens with zero attached hydrogens (tertiary/aromatic N) is 2. The van der Waals surface area contributed by atoms with Crippen molar-refractivity contribution in [2.24, 2.45) is 0 Å². The van der Waals surface area contributed by atoms with E-state index in [-0.39, 0.29) is 24.6 Å². The fourth-order valence-corrected chi connectivity index (χ4v) is 4.71. The smallest absolute Gasteiger partial charge is 0.286 e. The number of benzene rings is 1. The van der Waals surface area contributed by atoms with E-state index in [0.29, 0.717) is 11.4 Å². The quantitative estimate of drug-likeness (QED) is 0.422. The first-order chi connectivity index (χ1) is 12.0. The fraction of sp³-hybridized carbons (Fsp3) is 0.533. The molecule has 1 aliphatic rings. The summed E-state index contributed by atoms with van der Waals surface area (Å²) in [5.74, 6) is -0.797. The van der Waals surface area contributed by atoms with Crippen LogP contribution in [0.3, 0.4) is 0 Å². The van der Waals surface area contributed by atoms with Crippen molar-refractivity contribution in [2.45, 2.75) is 38.0 Å². The number of hydroxylamine groups is 2. The monoisotopic (exact) mass is 414 g/mol. The van der Waals surface area contributed by atoms with Crippen LogP contribution in [-0.4, -0.2) is 53.9 Å². The van der Waals surface area contributed by atoms with E-state index in [1.807, 2.05) is 0 Å². The van der Waals surface area contributed by atoms with Crippen LogP contribution in [-0.2, 0) is 27.8 Å². The standard InChI is InChI=1S/C15H18ClF3N2O4S/c16-13-2-1-11-4-6-20(8-12(11)7-13)26(24,25)9-14(21(23)10-22)3-5-15(17,18)19/h1-2,7,10,14,23H,3-6,8-9H2. The maximum Gasteiger partial charge on any atom is 0.389 e. The molecule has 0 aliphatic carbocycles. The molecule has 1 aliphatic heterocycles. The van der Waals surface area contributed by atoms with Crippen LogP contribution < -0.4 is 0 Å². The van der Waals surface area contributed by atoms with E-state index in [1.165, 1.54) is 0 Å². The van der Waals surface area contributed by atoms with E-state index in [2.05, 4.69) is 0 Å². The largest absolute Gasteiger partial charge is 0.389 e. The topological polar surface area (TPSA) is 77.9 Å². The predicted octanol–water partition coefficient (Wildman–Crippen LogP) is 2.59. The van der Waals surface area contributed by atoms with E-state index in [9.17, 15) is 31.6 Å². The van der Waals surface area contributed by atoms with Crippen molar-refractivity contribution in [2.75, 3.05) is 12.3 Å². The third-order valence-electron chi connectivity index (χ3n) is 4.19. The number of amides is 1. The lowest BCUT2D eigenvalue weighted by Gasteiger charge is -2.31. The molecule has 26 heavy (non-hydrogen) atoms. The van der Waals surface area contributed by atoms with E-state index < -0.39 is 40.8 Å². The van der Waals surface area contributed by atoms with Crippen LogP contribution in [0, 0.1) is 0 Å². The lowest BCUT2D eigenvalue weighted by Crippen LogP contribution is -2.44. The van der Waals surface area contributed by atoms with Gasteiger partial charge in [-0.25, -0.2) is 13.5 Å². The zero-order valence-electron chi connectivity index (χ0n) is 13.6. The van der Waals surface area contributed by atoms with Crippen molar-refractivity contribution >= 4 is 28.0 Å². The second-order valence-electron chi connectivity index (χ2n) is 6.07. The molecular formula is C15H18ClF3N2O4S. The first-order valence-electron chi connectivity index (χ1n) is 7.76. The Bertz CT molecular complexity index is 758. The van der Waals surface area contributed by atoms with Crippen molar-refractivity contribution in [1.29, 1.82) is 0 Å². The Hall–Kier alpha value is -1.36. The zero-order chi connectivity index (χ0) is 19.5. The van der Waals surface area contributed by atoms with Gasteiger partial charge in [-0.3, -0.25) is 10.0 Å². The van der Waals surface area contributed by atoms with Gasteiger partial charge in [0, 0.05) is 24.5 Å². The molecule has 1 amide bonds. The molecule has 0 saturated carbocycles. The van der Waals surface area contributed by atoms with Gasteiger partial charge in [-0.05, 0) is 36.1 Å².